The number of aryl methyl sites for hydroxylation is 3. The van der Waals surface area contributed by atoms with Gasteiger partial charge in [0.05, 0.1) is 16.1 Å². The average molecular weight is 558 g/mol. The van der Waals surface area contributed by atoms with Gasteiger partial charge in [0, 0.05) is 11.9 Å². The summed E-state index contributed by atoms with van der Waals surface area (Å²) in [5.41, 5.74) is 4.03. The highest BCUT2D eigenvalue weighted by molar-refractivity contribution is 7.92. The van der Waals surface area contributed by atoms with Gasteiger partial charge in [-0.3, -0.25) is 4.98 Å². The van der Waals surface area contributed by atoms with Crippen molar-refractivity contribution in [3.05, 3.63) is 64.2 Å². The minimum atomic E-state index is -3.21. The second-order valence-electron chi connectivity index (χ2n) is 12.0. The molecule has 1 saturated carbocycles. The highest BCUT2D eigenvalue weighted by Gasteiger charge is 2.37. The molecule has 1 aromatic carbocycles. The molecular weight excluding hydrogens is 513 g/mol. The number of allylic oxidation sites excluding steroid dienone is 1. The Kier molecular flexibility index (Phi) is 9.79. The minimum absolute atomic E-state index is 0.0264. The molecule has 1 aromatic heterocycles. The summed E-state index contributed by atoms with van der Waals surface area (Å²) in [7, 11) is -3.21. The van der Waals surface area contributed by atoms with Gasteiger partial charge in [0.25, 0.3) is 0 Å². The maximum Gasteiger partial charge on any atom is 0.336 e. The van der Waals surface area contributed by atoms with Crippen LogP contribution in [0.2, 0.25) is 0 Å². The van der Waals surface area contributed by atoms with E-state index in [0.717, 1.165) is 36.1 Å². The smallest absolute Gasteiger partial charge is 0.336 e. The first-order valence-electron chi connectivity index (χ1n) is 14.2. The molecule has 1 heterocycles. The molecule has 0 bridgehead atoms. The van der Waals surface area contributed by atoms with E-state index in [9.17, 15) is 22.7 Å². The number of rotatable bonds is 12. The van der Waals surface area contributed by atoms with Crippen LogP contribution in [0.1, 0.15) is 95.2 Å². The molecule has 2 aromatic rings. The lowest BCUT2D eigenvalue weighted by atomic mass is 9.76. The second-order valence-corrected chi connectivity index (χ2v) is 14.9. The number of carbonyl (C=O) groups is 1. The zero-order chi connectivity index (χ0) is 29.1. The quantitative estimate of drug-likeness (QED) is 0.277. The van der Waals surface area contributed by atoms with Gasteiger partial charge in [-0.1, -0.05) is 32.9 Å². The molecule has 1 fully saturated rings. The monoisotopic (exact) mass is 557 g/mol. The van der Waals surface area contributed by atoms with E-state index < -0.39 is 26.4 Å². The Labute approximate surface area is 233 Å². The third-order valence-corrected chi connectivity index (χ3v) is 10.9. The SMILES string of the molecule is CCc1cc(C)c(C(C(=O)O)=C(c2ccc(CCCS(=O)(=O)C(C)(C)C)nc2)C(CC)C(C)C2CC2)cc1F. The Morgan fingerprint density at radius 3 is 2.33 bits per heavy atom. The summed E-state index contributed by atoms with van der Waals surface area (Å²) in [6.45, 7) is 13.1. The Morgan fingerprint density at radius 1 is 1.18 bits per heavy atom. The molecule has 3 rings (SSSR count). The lowest BCUT2D eigenvalue weighted by Gasteiger charge is -2.28. The van der Waals surface area contributed by atoms with Crippen LogP contribution in [0, 0.1) is 30.5 Å². The standard InChI is InChI=1S/C32H44FNO4S/c1-8-22-17-20(3)27(18-28(22)33)30(31(35)36)29(26(9-2)21(4)23-12-13-23)24-14-15-25(34-19-24)11-10-16-39(37,38)32(5,6)7/h14-15,17-19,21,23,26H,8-13,16H2,1-7H3,(H,35,36). The zero-order valence-corrected chi connectivity index (χ0v) is 25.3. The third kappa shape index (κ3) is 7.16. The van der Waals surface area contributed by atoms with Crippen LogP contribution in [0.4, 0.5) is 4.39 Å². The summed E-state index contributed by atoms with van der Waals surface area (Å²) in [6, 6.07) is 6.89. The van der Waals surface area contributed by atoms with E-state index >= 15 is 0 Å². The van der Waals surface area contributed by atoms with E-state index in [2.05, 4.69) is 18.8 Å². The maximum atomic E-state index is 15.0. The first kappa shape index (κ1) is 31.0. The number of halogens is 1. The van der Waals surface area contributed by atoms with E-state index in [1.165, 1.54) is 6.07 Å². The minimum Gasteiger partial charge on any atom is -0.478 e. The number of hydrogen-bond donors (Lipinski definition) is 1. The summed E-state index contributed by atoms with van der Waals surface area (Å²) in [4.78, 5) is 17.5. The van der Waals surface area contributed by atoms with Crippen molar-refractivity contribution in [1.29, 1.82) is 0 Å². The summed E-state index contributed by atoms with van der Waals surface area (Å²) >= 11 is 0. The first-order valence-corrected chi connectivity index (χ1v) is 15.8. The van der Waals surface area contributed by atoms with Crippen LogP contribution in [0.25, 0.3) is 11.1 Å². The predicted octanol–water partition coefficient (Wildman–Crippen LogP) is 7.31. The molecule has 39 heavy (non-hydrogen) atoms. The Hall–Kier alpha value is -2.54. The number of carboxylic acids is 1. The first-order chi connectivity index (χ1) is 18.2. The van der Waals surface area contributed by atoms with Crippen molar-refractivity contribution in [1.82, 2.24) is 4.98 Å². The van der Waals surface area contributed by atoms with Crippen LogP contribution in [0.15, 0.2) is 30.5 Å². The molecule has 214 valence electrons. The van der Waals surface area contributed by atoms with E-state index in [1.807, 2.05) is 26.0 Å². The van der Waals surface area contributed by atoms with Gasteiger partial charge >= 0.3 is 5.97 Å². The summed E-state index contributed by atoms with van der Waals surface area (Å²) in [5.74, 6) is -0.572. The van der Waals surface area contributed by atoms with Crippen molar-refractivity contribution in [2.45, 2.75) is 91.7 Å². The van der Waals surface area contributed by atoms with Crippen LogP contribution in [-0.4, -0.2) is 35.0 Å². The molecule has 0 saturated heterocycles. The number of pyridine rings is 1. The van der Waals surface area contributed by atoms with Crippen molar-refractivity contribution >= 4 is 27.0 Å². The van der Waals surface area contributed by atoms with Gasteiger partial charge < -0.3 is 5.11 Å². The van der Waals surface area contributed by atoms with Crippen LogP contribution >= 0.6 is 0 Å². The zero-order valence-electron chi connectivity index (χ0n) is 24.5. The molecule has 7 heteroatoms. The number of aliphatic carboxylic acids is 1. The average Bonchev–Trinajstić information content (AvgIpc) is 3.70. The molecule has 5 nitrogen and oxygen atoms in total. The van der Waals surface area contributed by atoms with Crippen LogP contribution < -0.4 is 0 Å². The predicted molar refractivity (Wildman–Crippen MR) is 157 cm³/mol. The number of carboxylic acid groups (broad SMARTS) is 1. The number of nitrogens with zero attached hydrogens (tertiary/aromatic N) is 1. The van der Waals surface area contributed by atoms with Gasteiger partial charge in [0.2, 0.25) is 0 Å². The lowest BCUT2D eigenvalue weighted by molar-refractivity contribution is -0.130. The van der Waals surface area contributed by atoms with Gasteiger partial charge in [-0.15, -0.1) is 0 Å². The highest BCUT2D eigenvalue weighted by Crippen LogP contribution is 2.47. The number of hydrogen-bond acceptors (Lipinski definition) is 4. The molecule has 0 spiro atoms. The fourth-order valence-corrected chi connectivity index (χ4v) is 6.61. The molecule has 0 amide bonds. The number of sulfone groups is 1. The van der Waals surface area contributed by atoms with E-state index in [-0.39, 0.29) is 23.2 Å². The van der Waals surface area contributed by atoms with Crippen LogP contribution in [0.3, 0.4) is 0 Å². The van der Waals surface area contributed by atoms with Gasteiger partial charge in [0.1, 0.15) is 5.82 Å². The molecule has 0 aliphatic heterocycles. The van der Waals surface area contributed by atoms with Crippen molar-refractivity contribution in [3.63, 3.8) is 0 Å². The molecule has 1 N–H and O–H groups in total. The molecule has 1 aliphatic carbocycles. The Balaban J connectivity index is 2.08. The van der Waals surface area contributed by atoms with Crippen molar-refractivity contribution in [3.8, 4) is 0 Å². The molecule has 0 radical (unpaired) electrons. The van der Waals surface area contributed by atoms with Crippen molar-refractivity contribution < 1.29 is 22.7 Å². The molecule has 2 atom stereocenters. The van der Waals surface area contributed by atoms with E-state index in [4.69, 9.17) is 0 Å². The third-order valence-electron chi connectivity index (χ3n) is 8.25. The normalized spacial score (nSPS) is 16.5. The fourth-order valence-electron chi connectivity index (χ4n) is 5.47. The molecular formula is C32H44FNO4S. The van der Waals surface area contributed by atoms with Crippen LogP contribution in [0.5, 0.6) is 0 Å². The molecule has 1 aliphatic rings. The van der Waals surface area contributed by atoms with Crippen molar-refractivity contribution in [2.24, 2.45) is 17.8 Å². The summed E-state index contributed by atoms with van der Waals surface area (Å²) < 4.78 is 39.1. The second kappa shape index (κ2) is 12.3. The lowest BCUT2D eigenvalue weighted by Crippen LogP contribution is -2.30. The van der Waals surface area contributed by atoms with Gasteiger partial charge in [-0.25, -0.2) is 17.6 Å². The van der Waals surface area contributed by atoms with Crippen LogP contribution in [-0.2, 0) is 27.5 Å². The van der Waals surface area contributed by atoms with E-state index in [1.54, 1.807) is 33.0 Å². The van der Waals surface area contributed by atoms with Gasteiger partial charge in [0.15, 0.2) is 9.84 Å². The Morgan fingerprint density at radius 2 is 1.85 bits per heavy atom. The Bertz CT molecular complexity index is 1320. The van der Waals surface area contributed by atoms with Gasteiger partial charge in [-0.05, 0) is 124 Å². The van der Waals surface area contributed by atoms with Crippen molar-refractivity contribution in [2.75, 3.05) is 5.75 Å². The fraction of sp³-hybridized carbons (Fsp3) is 0.562. The number of benzene rings is 1. The summed E-state index contributed by atoms with van der Waals surface area (Å²) in [5, 5.41) is 10.5. The molecule has 2 unspecified atom stereocenters. The number of aromatic nitrogens is 1. The summed E-state index contributed by atoms with van der Waals surface area (Å²) in [6.07, 6.45) is 6.25. The largest absolute Gasteiger partial charge is 0.478 e. The van der Waals surface area contributed by atoms with Gasteiger partial charge in [-0.2, -0.15) is 0 Å². The highest BCUT2D eigenvalue weighted by atomic mass is 32.2. The maximum absolute atomic E-state index is 15.0. The van der Waals surface area contributed by atoms with E-state index in [0.29, 0.717) is 41.9 Å². The topological polar surface area (TPSA) is 84.3 Å².